The Morgan fingerprint density at radius 3 is 2.79 bits per heavy atom. The van der Waals surface area contributed by atoms with Crippen LogP contribution in [-0.4, -0.2) is 25.2 Å². The minimum Gasteiger partial charge on any atom is -0.365 e. The van der Waals surface area contributed by atoms with Crippen LogP contribution in [0.5, 0.6) is 0 Å². The van der Waals surface area contributed by atoms with Crippen LogP contribution in [-0.2, 0) is 0 Å². The predicted octanol–water partition coefficient (Wildman–Crippen LogP) is 3.97. The molecule has 0 radical (unpaired) electrons. The van der Waals surface area contributed by atoms with E-state index in [4.69, 9.17) is 0 Å². The molecule has 1 saturated heterocycles. The summed E-state index contributed by atoms with van der Waals surface area (Å²) in [5.41, 5.74) is 2.63. The molecule has 0 saturated carbocycles. The first-order chi connectivity index (χ1) is 8.97. The van der Waals surface area contributed by atoms with Crippen LogP contribution in [0, 0.1) is 12.8 Å². The molecule has 2 rings (SSSR count). The number of hydrogen-bond donors (Lipinski definition) is 1. The number of piperazine rings is 1. The first-order valence-electron chi connectivity index (χ1n) is 7.23. The van der Waals surface area contributed by atoms with Gasteiger partial charge in [0.2, 0.25) is 0 Å². The lowest BCUT2D eigenvalue weighted by atomic mass is 9.99. The molecule has 2 nitrogen and oxygen atoms in total. The third-order valence-electron chi connectivity index (χ3n) is 3.82. The van der Waals surface area contributed by atoms with Crippen LogP contribution in [0.4, 0.5) is 5.69 Å². The third kappa shape index (κ3) is 3.73. The number of hydrogen-bond acceptors (Lipinski definition) is 2. The SMILES string of the molecule is Cc1ccc(N2CC(CC(C)C)NCC2C)c(Br)c1. The fourth-order valence-corrected chi connectivity index (χ4v) is 3.56. The normalized spacial score (nSPS) is 24.0. The van der Waals surface area contributed by atoms with E-state index in [1.54, 1.807) is 0 Å². The standard InChI is InChI=1S/C16H25BrN2/c1-11(2)7-14-10-19(13(4)9-18-14)16-6-5-12(3)8-15(16)17/h5-6,8,11,13-14,18H,7,9-10H2,1-4H3. The molecule has 106 valence electrons. The Kier molecular flexibility index (Phi) is 4.91. The van der Waals surface area contributed by atoms with Gasteiger partial charge in [-0.05, 0) is 59.8 Å². The van der Waals surface area contributed by atoms with Gasteiger partial charge in [-0.15, -0.1) is 0 Å². The maximum Gasteiger partial charge on any atom is 0.0514 e. The van der Waals surface area contributed by atoms with Gasteiger partial charge in [-0.2, -0.15) is 0 Å². The summed E-state index contributed by atoms with van der Waals surface area (Å²) in [5.74, 6) is 0.745. The molecule has 0 amide bonds. The first kappa shape index (κ1) is 14.9. The largest absolute Gasteiger partial charge is 0.365 e. The summed E-state index contributed by atoms with van der Waals surface area (Å²) in [6, 6.07) is 7.80. The highest BCUT2D eigenvalue weighted by Gasteiger charge is 2.26. The van der Waals surface area contributed by atoms with Gasteiger partial charge in [0, 0.05) is 29.6 Å². The number of nitrogens with zero attached hydrogens (tertiary/aromatic N) is 1. The number of rotatable bonds is 3. The second kappa shape index (κ2) is 6.27. The Morgan fingerprint density at radius 1 is 1.42 bits per heavy atom. The van der Waals surface area contributed by atoms with Crippen molar-refractivity contribution in [3.05, 3.63) is 28.2 Å². The van der Waals surface area contributed by atoms with Crippen LogP contribution in [0.25, 0.3) is 0 Å². The summed E-state index contributed by atoms with van der Waals surface area (Å²) in [6.07, 6.45) is 1.24. The summed E-state index contributed by atoms with van der Waals surface area (Å²) in [6.45, 7) is 11.2. The molecule has 2 atom stereocenters. The van der Waals surface area contributed by atoms with Crippen LogP contribution < -0.4 is 10.2 Å². The second-order valence-electron chi connectivity index (χ2n) is 6.19. The zero-order valence-corrected chi connectivity index (χ0v) is 14.0. The van der Waals surface area contributed by atoms with Crippen LogP contribution in [0.3, 0.4) is 0 Å². The van der Waals surface area contributed by atoms with Crippen molar-refractivity contribution < 1.29 is 0 Å². The van der Waals surface area contributed by atoms with Gasteiger partial charge in [0.25, 0.3) is 0 Å². The number of halogens is 1. The van der Waals surface area contributed by atoms with Crippen molar-refractivity contribution in [1.29, 1.82) is 0 Å². The quantitative estimate of drug-likeness (QED) is 0.905. The van der Waals surface area contributed by atoms with E-state index in [0.29, 0.717) is 12.1 Å². The van der Waals surface area contributed by atoms with E-state index in [0.717, 1.165) is 19.0 Å². The van der Waals surface area contributed by atoms with Crippen molar-refractivity contribution >= 4 is 21.6 Å². The average molecular weight is 325 g/mol. The molecule has 2 unspecified atom stereocenters. The molecule has 1 fully saturated rings. The summed E-state index contributed by atoms with van der Waals surface area (Å²) in [4.78, 5) is 2.53. The van der Waals surface area contributed by atoms with E-state index < -0.39 is 0 Å². The van der Waals surface area contributed by atoms with Crippen molar-refractivity contribution in [2.45, 2.75) is 46.2 Å². The minimum atomic E-state index is 0.544. The topological polar surface area (TPSA) is 15.3 Å². The second-order valence-corrected chi connectivity index (χ2v) is 7.05. The Morgan fingerprint density at radius 2 is 2.16 bits per heavy atom. The molecule has 1 aliphatic heterocycles. The number of anilines is 1. The van der Waals surface area contributed by atoms with Crippen molar-refractivity contribution in [1.82, 2.24) is 5.32 Å². The zero-order chi connectivity index (χ0) is 14.0. The van der Waals surface area contributed by atoms with Gasteiger partial charge in [0.1, 0.15) is 0 Å². The molecule has 1 aromatic rings. The third-order valence-corrected chi connectivity index (χ3v) is 4.45. The highest BCUT2D eigenvalue weighted by atomic mass is 79.9. The van der Waals surface area contributed by atoms with Crippen LogP contribution in [0.2, 0.25) is 0 Å². The molecule has 0 aliphatic carbocycles. The van der Waals surface area contributed by atoms with Crippen LogP contribution in [0.1, 0.15) is 32.8 Å². The molecular formula is C16H25BrN2. The Bertz CT molecular complexity index is 431. The number of benzene rings is 1. The Labute approximate surface area is 125 Å². The van der Waals surface area contributed by atoms with E-state index in [2.05, 4.69) is 72.0 Å². The molecular weight excluding hydrogens is 300 g/mol. The van der Waals surface area contributed by atoms with Crippen molar-refractivity contribution in [2.24, 2.45) is 5.92 Å². The summed E-state index contributed by atoms with van der Waals surface area (Å²) >= 11 is 3.72. The van der Waals surface area contributed by atoms with Gasteiger partial charge < -0.3 is 10.2 Å². The lowest BCUT2D eigenvalue weighted by molar-refractivity contribution is 0.355. The molecule has 1 aliphatic rings. The fourth-order valence-electron chi connectivity index (χ4n) is 2.84. The van der Waals surface area contributed by atoms with E-state index in [9.17, 15) is 0 Å². The Balaban J connectivity index is 2.16. The summed E-state index contributed by atoms with van der Waals surface area (Å²) in [7, 11) is 0. The molecule has 0 spiro atoms. The Hall–Kier alpha value is -0.540. The highest BCUT2D eigenvalue weighted by molar-refractivity contribution is 9.10. The summed E-state index contributed by atoms with van der Waals surface area (Å²) in [5, 5.41) is 3.67. The average Bonchev–Trinajstić information content (AvgIpc) is 2.31. The molecule has 0 aromatic heterocycles. The van der Waals surface area contributed by atoms with Crippen LogP contribution in [0.15, 0.2) is 22.7 Å². The minimum absolute atomic E-state index is 0.544. The van der Waals surface area contributed by atoms with E-state index in [1.807, 2.05) is 0 Å². The first-order valence-corrected chi connectivity index (χ1v) is 8.03. The van der Waals surface area contributed by atoms with E-state index >= 15 is 0 Å². The lowest BCUT2D eigenvalue weighted by Gasteiger charge is -2.41. The van der Waals surface area contributed by atoms with Crippen molar-refractivity contribution in [2.75, 3.05) is 18.0 Å². The number of aryl methyl sites for hydroxylation is 1. The zero-order valence-electron chi connectivity index (χ0n) is 12.4. The van der Waals surface area contributed by atoms with E-state index in [-0.39, 0.29) is 0 Å². The predicted molar refractivity (Wildman–Crippen MR) is 86.9 cm³/mol. The van der Waals surface area contributed by atoms with Gasteiger partial charge in [-0.25, -0.2) is 0 Å². The van der Waals surface area contributed by atoms with Gasteiger partial charge in [-0.3, -0.25) is 0 Å². The van der Waals surface area contributed by atoms with E-state index in [1.165, 1.54) is 22.1 Å². The maximum atomic E-state index is 3.72. The fraction of sp³-hybridized carbons (Fsp3) is 0.625. The molecule has 0 bridgehead atoms. The smallest absolute Gasteiger partial charge is 0.0514 e. The number of nitrogens with one attached hydrogen (secondary N) is 1. The summed E-state index contributed by atoms with van der Waals surface area (Å²) < 4.78 is 1.21. The van der Waals surface area contributed by atoms with Crippen molar-refractivity contribution in [3.63, 3.8) is 0 Å². The molecule has 1 heterocycles. The molecule has 1 aromatic carbocycles. The monoisotopic (exact) mass is 324 g/mol. The van der Waals surface area contributed by atoms with Gasteiger partial charge >= 0.3 is 0 Å². The molecule has 1 N–H and O–H groups in total. The van der Waals surface area contributed by atoms with Gasteiger partial charge in [0.05, 0.1) is 5.69 Å². The van der Waals surface area contributed by atoms with Gasteiger partial charge in [0.15, 0.2) is 0 Å². The highest BCUT2D eigenvalue weighted by Crippen LogP contribution is 2.30. The lowest BCUT2D eigenvalue weighted by Crippen LogP contribution is -2.56. The van der Waals surface area contributed by atoms with Crippen LogP contribution >= 0.6 is 15.9 Å². The molecule has 19 heavy (non-hydrogen) atoms. The molecule has 3 heteroatoms. The van der Waals surface area contributed by atoms with Crippen molar-refractivity contribution in [3.8, 4) is 0 Å². The maximum absolute atomic E-state index is 3.72. The van der Waals surface area contributed by atoms with Gasteiger partial charge in [-0.1, -0.05) is 19.9 Å².